The van der Waals surface area contributed by atoms with Crippen LogP contribution in [0.1, 0.15) is 11.5 Å². The Bertz CT molecular complexity index is 322. The first kappa shape index (κ1) is 11.7. The van der Waals surface area contributed by atoms with Crippen LogP contribution in [-0.2, 0) is 11.3 Å². The van der Waals surface area contributed by atoms with Crippen molar-refractivity contribution in [2.45, 2.75) is 19.5 Å². The summed E-state index contributed by atoms with van der Waals surface area (Å²) in [4.78, 5) is 10.7. The molecule has 0 spiro atoms. The summed E-state index contributed by atoms with van der Waals surface area (Å²) in [7, 11) is 1.62. The second-order valence-corrected chi connectivity index (χ2v) is 3.32. The zero-order chi connectivity index (χ0) is 11.3. The Labute approximate surface area is 88.5 Å². The van der Waals surface area contributed by atoms with Crippen LogP contribution in [0.25, 0.3) is 0 Å². The molecule has 84 valence electrons. The van der Waals surface area contributed by atoms with Gasteiger partial charge in [0.15, 0.2) is 0 Å². The van der Waals surface area contributed by atoms with Crippen molar-refractivity contribution in [1.82, 2.24) is 10.6 Å². The first-order valence-electron chi connectivity index (χ1n) is 4.79. The van der Waals surface area contributed by atoms with Crippen LogP contribution in [0.15, 0.2) is 16.5 Å². The van der Waals surface area contributed by atoms with Crippen molar-refractivity contribution in [2.75, 3.05) is 13.6 Å². The standard InChI is InChI=1S/C10H16N2O3/c1-7-3-4-8(15-7)5-12-6-9(11-2)10(13)14/h3-4,9,11-12H,5-6H2,1-2H3,(H,13,14). The highest BCUT2D eigenvalue weighted by Crippen LogP contribution is 2.05. The fraction of sp³-hybridized carbons (Fsp3) is 0.500. The largest absolute Gasteiger partial charge is 0.480 e. The van der Waals surface area contributed by atoms with Gasteiger partial charge in [-0.05, 0) is 26.1 Å². The Morgan fingerprint density at radius 1 is 1.60 bits per heavy atom. The maximum absolute atomic E-state index is 10.7. The molecule has 0 amide bonds. The Morgan fingerprint density at radius 3 is 2.80 bits per heavy atom. The quantitative estimate of drug-likeness (QED) is 0.634. The molecule has 3 N–H and O–H groups in total. The summed E-state index contributed by atoms with van der Waals surface area (Å²) in [5, 5.41) is 14.5. The molecule has 1 rings (SSSR count). The van der Waals surface area contributed by atoms with Crippen molar-refractivity contribution in [3.8, 4) is 0 Å². The summed E-state index contributed by atoms with van der Waals surface area (Å²) in [5.74, 6) is 0.809. The molecule has 1 atom stereocenters. The number of rotatable bonds is 6. The molecule has 0 saturated heterocycles. The molecule has 15 heavy (non-hydrogen) atoms. The number of carboxylic acid groups (broad SMARTS) is 1. The third kappa shape index (κ3) is 3.73. The van der Waals surface area contributed by atoms with Gasteiger partial charge in [-0.2, -0.15) is 0 Å². The van der Waals surface area contributed by atoms with E-state index in [2.05, 4.69) is 10.6 Å². The van der Waals surface area contributed by atoms with Gasteiger partial charge < -0.3 is 20.2 Å². The van der Waals surface area contributed by atoms with Crippen molar-refractivity contribution in [1.29, 1.82) is 0 Å². The highest BCUT2D eigenvalue weighted by molar-refractivity contribution is 5.73. The number of hydrogen-bond donors (Lipinski definition) is 3. The van der Waals surface area contributed by atoms with Crippen LogP contribution in [0.2, 0.25) is 0 Å². The Kier molecular flexibility index (Phi) is 4.33. The monoisotopic (exact) mass is 212 g/mol. The SMILES string of the molecule is CNC(CNCc1ccc(C)o1)C(=O)O. The number of furan rings is 1. The normalized spacial score (nSPS) is 12.7. The molecule has 0 aliphatic rings. The second-order valence-electron chi connectivity index (χ2n) is 3.32. The van der Waals surface area contributed by atoms with Crippen molar-refractivity contribution in [3.63, 3.8) is 0 Å². The van der Waals surface area contributed by atoms with Crippen LogP contribution in [0.4, 0.5) is 0 Å². The highest BCUT2D eigenvalue weighted by Gasteiger charge is 2.13. The molecule has 0 aliphatic heterocycles. The minimum atomic E-state index is -0.861. The molecule has 1 unspecified atom stereocenters. The van der Waals surface area contributed by atoms with Gasteiger partial charge in [0.2, 0.25) is 0 Å². The molecule has 0 radical (unpaired) electrons. The van der Waals surface area contributed by atoms with E-state index < -0.39 is 12.0 Å². The minimum Gasteiger partial charge on any atom is -0.480 e. The smallest absolute Gasteiger partial charge is 0.322 e. The fourth-order valence-electron chi connectivity index (χ4n) is 1.23. The van der Waals surface area contributed by atoms with Crippen LogP contribution in [-0.4, -0.2) is 30.7 Å². The van der Waals surface area contributed by atoms with Gasteiger partial charge in [-0.25, -0.2) is 0 Å². The van der Waals surface area contributed by atoms with Crippen LogP contribution >= 0.6 is 0 Å². The first-order valence-corrected chi connectivity index (χ1v) is 4.79. The molecule has 0 fully saturated rings. The molecule has 5 heteroatoms. The van der Waals surface area contributed by atoms with Crippen LogP contribution < -0.4 is 10.6 Å². The maximum Gasteiger partial charge on any atom is 0.322 e. The number of hydrogen-bond acceptors (Lipinski definition) is 4. The number of likely N-dealkylation sites (N-methyl/N-ethyl adjacent to an activating group) is 1. The predicted molar refractivity (Wildman–Crippen MR) is 55.6 cm³/mol. The van der Waals surface area contributed by atoms with E-state index in [-0.39, 0.29) is 0 Å². The molecule has 5 nitrogen and oxygen atoms in total. The van der Waals surface area contributed by atoms with Crippen LogP contribution in [0.5, 0.6) is 0 Å². The molecule has 1 aromatic rings. The minimum absolute atomic E-state index is 0.367. The van der Waals surface area contributed by atoms with Gasteiger partial charge in [0, 0.05) is 6.54 Å². The van der Waals surface area contributed by atoms with E-state index in [1.165, 1.54) is 0 Å². The molecule has 1 heterocycles. The van der Waals surface area contributed by atoms with Crippen molar-refractivity contribution in [2.24, 2.45) is 0 Å². The van der Waals surface area contributed by atoms with Crippen LogP contribution in [0, 0.1) is 6.92 Å². The van der Waals surface area contributed by atoms with E-state index in [0.717, 1.165) is 11.5 Å². The molecule has 0 bridgehead atoms. The predicted octanol–water partition coefficient (Wildman–Crippen LogP) is 0.350. The fourth-order valence-corrected chi connectivity index (χ4v) is 1.23. The van der Waals surface area contributed by atoms with Gasteiger partial charge in [-0.3, -0.25) is 4.79 Å². The number of aryl methyl sites for hydroxylation is 1. The van der Waals surface area contributed by atoms with Gasteiger partial charge in [0.25, 0.3) is 0 Å². The lowest BCUT2D eigenvalue weighted by Crippen LogP contribution is -2.42. The zero-order valence-corrected chi connectivity index (χ0v) is 8.91. The molecule has 0 aliphatic carbocycles. The van der Waals surface area contributed by atoms with Gasteiger partial charge in [0.05, 0.1) is 6.54 Å². The van der Waals surface area contributed by atoms with E-state index >= 15 is 0 Å². The van der Waals surface area contributed by atoms with Crippen molar-refractivity contribution < 1.29 is 14.3 Å². The first-order chi connectivity index (χ1) is 7.13. The summed E-state index contributed by atoms with van der Waals surface area (Å²) < 4.78 is 5.33. The van der Waals surface area contributed by atoms with E-state index in [9.17, 15) is 4.79 Å². The molecule has 1 aromatic heterocycles. The van der Waals surface area contributed by atoms with Gasteiger partial charge in [0.1, 0.15) is 17.6 Å². The van der Waals surface area contributed by atoms with Crippen molar-refractivity contribution >= 4 is 5.97 Å². The van der Waals surface area contributed by atoms with E-state index in [1.54, 1.807) is 7.05 Å². The highest BCUT2D eigenvalue weighted by atomic mass is 16.4. The number of nitrogens with one attached hydrogen (secondary N) is 2. The Hall–Kier alpha value is -1.33. The van der Waals surface area contributed by atoms with Crippen LogP contribution in [0.3, 0.4) is 0 Å². The number of aliphatic carboxylic acids is 1. The van der Waals surface area contributed by atoms with Crippen molar-refractivity contribution in [3.05, 3.63) is 23.7 Å². The summed E-state index contributed by atoms with van der Waals surface area (Å²) >= 11 is 0. The number of carboxylic acids is 1. The third-order valence-electron chi connectivity index (χ3n) is 2.09. The Balaban J connectivity index is 2.29. The molecule has 0 saturated carbocycles. The Morgan fingerprint density at radius 2 is 2.33 bits per heavy atom. The van der Waals surface area contributed by atoms with Gasteiger partial charge >= 0.3 is 5.97 Å². The van der Waals surface area contributed by atoms with E-state index in [1.807, 2.05) is 19.1 Å². The molecular weight excluding hydrogens is 196 g/mol. The summed E-state index contributed by atoms with van der Waals surface area (Å²) in [6.07, 6.45) is 0. The third-order valence-corrected chi connectivity index (χ3v) is 2.09. The van der Waals surface area contributed by atoms with E-state index in [4.69, 9.17) is 9.52 Å². The second kappa shape index (κ2) is 5.53. The zero-order valence-electron chi connectivity index (χ0n) is 8.91. The van der Waals surface area contributed by atoms with E-state index in [0.29, 0.717) is 13.1 Å². The number of carbonyl (C=O) groups is 1. The summed E-state index contributed by atoms with van der Waals surface area (Å²) in [6.45, 7) is 2.78. The lowest BCUT2D eigenvalue weighted by molar-refractivity contribution is -0.139. The lowest BCUT2D eigenvalue weighted by Gasteiger charge is -2.11. The molecule has 0 aromatic carbocycles. The summed E-state index contributed by atoms with van der Waals surface area (Å²) in [6, 6.07) is 3.18. The topological polar surface area (TPSA) is 74.5 Å². The van der Waals surface area contributed by atoms with Gasteiger partial charge in [-0.1, -0.05) is 0 Å². The van der Waals surface area contributed by atoms with Gasteiger partial charge in [-0.15, -0.1) is 0 Å². The lowest BCUT2D eigenvalue weighted by atomic mass is 10.3. The molecular formula is C10H16N2O3. The average molecular weight is 212 g/mol. The summed E-state index contributed by atoms with van der Waals surface area (Å²) in [5.41, 5.74) is 0. The maximum atomic E-state index is 10.7. The average Bonchev–Trinajstić information content (AvgIpc) is 2.58.